The van der Waals surface area contributed by atoms with Crippen LogP contribution >= 0.6 is 11.8 Å². The summed E-state index contributed by atoms with van der Waals surface area (Å²) in [6, 6.07) is -0.691. The fraction of sp³-hybridized carbons (Fsp3) is 0.792. The van der Waals surface area contributed by atoms with Crippen LogP contribution in [0.25, 0.3) is 0 Å². The van der Waals surface area contributed by atoms with Gasteiger partial charge in [-0.1, -0.05) is 38.1 Å². The van der Waals surface area contributed by atoms with Crippen molar-refractivity contribution in [2.24, 2.45) is 22.7 Å². The van der Waals surface area contributed by atoms with Gasteiger partial charge in [0.1, 0.15) is 18.3 Å². The zero-order chi connectivity index (χ0) is 23.1. The summed E-state index contributed by atoms with van der Waals surface area (Å²) >= 11 is 1.02. The van der Waals surface area contributed by atoms with Gasteiger partial charge in [0, 0.05) is 16.7 Å². The largest absolute Gasteiger partial charge is 0.390 e. The molecular formula is C24H31F3O4S. The summed E-state index contributed by atoms with van der Waals surface area (Å²) in [5.41, 5.74) is -4.25. The highest BCUT2D eigenvalue weighted by Crippen LogP contribution is 2.73. The summed E-state index contributed by atoms with van der Waals surface area (Å²) in [5.74, 6) is -1.54. The molecule has 4 fully saturated rings. The van der Waals surface area contributed by atoms with Crippen molar-refractivity contribution in [3.8, 4) is 0 Å². The van der Waals surface area contributed by atoms with E-state index in [4.69, 9.17) is 9.47 Å². The molecule has 0 aromatic heterocycles. The molecule has 5 aliphatic rings. The topological polar surface area (TPSA) is 55.8 Å². The number of rotatable bonds is 4. The molecule has 3 saturated carbocycles. The molecule has 4 aliphatic carbocycles. The summed E-state index contributed by atoms with van der Waals surface area (Å²) < 4.78 is 58.9. The molecule has 0 amide bonds. The molecule has 1 aliphatic heterocycles. The van der Waals surface area contributed by atoms with E-state index in [1.165, 1.54) is 18.2 Å². The summed E-state index contributed by atoms with van der Waals surface area (Å²) in [6.45, 7) is 5.51. The summed E-state index contributed by atoms with van der Waals surface area (Å²) in [4.78, 5) is 10.9. The molecule has 10 atom stereocenters. The van der Waals surface area contributed by atoms with Crippen LogP contribution in [-0.4, -0.2) is 52.2 Å². The second kappa shape index (κ2) is 7.33. The van der Waals surface area contributed by atoms with Gasteiger partial charge in [0.05, 0.1) is 6.10 Å². The van der Waals surface area contributed by atoms with Gasteiger partial charge in [-0.15, -0.1) is 0 Å². The number of carbonyl (C=O) groups excluding carboxylic acids is 1. The van der Waals surface area contributed by atoms with E-state index < -0.39 is 58.0 Å². The minimum Gasteiger partial charge on any atom is -0.390 e. The van der Waals surface area contributed by atoms with Crippen molar-refractivity contribution < 1.29 is 32.5 Å². The molecular weight excluding hydrogens is 441 g/mol. The molecule has 0 spiro atoms. The van der Waals surface area contributed by atoms with Crippen molar-refractivity contribution in [1.29, 1.82) is 0 Å². The number of alkyl halides is 3. The Bertz CT molecular complexity index is 881. The highest BCUT2D eigenvalue weighted by atomic mass is 32.2. The summed E-state index contributed by atoms with van der Waals surface area (Å²) in [6.07, 6.45) is 1.94. The molecule has 0 aromatic rings. The van der Waals surface area contributed by atoms with Crippen LogP contribution in [0, 0.1) is 22.7 Å². The van der Waals surface area contributed by atoms with Crippen molar-refractivity contribution in [2.75, 3.05) is 6.01 Å². The van der Waals surface area contributed by atoms with Crippen molar-refractivity contribution in [3.05, 3.63) is 23.8 Å². The maximum absolute atomic E-state index is 17.1. The smallest absolute Gasteiger partial charge is 0.178 e. The van der Waals surface area contributed by atoms with Gasteiger partial charge in [-0.2, -0.15) is 0 Å². The van der Waals surface area contributed by atoms with Gasteiger partial charge in [-0.25, -0.2) is 13.2 Å². The molecule has 4 nitrogen and oxygen atoms in total. The SMILES string of the molecule is CCCC1O[C@@H]2C[C@H]3[C@@H]4C[C@H](F)C5=CC(=O)C=C[C@]5(C)[C@@]4(F)[C@@H](O)C[C@]3(C)[C@]2(SCF)O1. The number of thioether (sulfide) groups is 1. The maximum atomic E-state index is 17.1. The number of hydrogen-bond donors (Lipinski definition) is 1. The molecule has 5 rings (SSSR count). The Hall–Kier alpha value is -0.830. The predicted molar refractivity (Wildman–Crippen MR) is 115 cm³/mol. The predicted octanol–water partition coefficient (Wildman–Crippen LogP) is 4.81. The van der Waals surface area contributed by atoms with E-state index in [1.807, 2.05) is 13.8 Å². The number of aliphatic hydroxyl groups excluding tert-OH is 1. The third kappa shape index (κ3) is 2.61. The number of ether oxygens (including phenoxy) is 2. The lowest BCUT2D eigenvalue weighted by Gasteiger charge is -2.63. The van der Waals surface area contributed by atoms with Crippen molar-refractivity contribution in [2.45, 2.75) is 88.1 Å². The van der Waals surface area contributed by atoms with Crippen LogP contribution in [0.4, 0.5) is 13.2 Å². The molecule has 0 bridgehead atoms. The number of aliphatic hydroxyl groups is 1. The Labute approximate surface area is 191 Å². The van der Waals surface area contributed by atoms with Gasteiger partial charge in [-0.3, -0.25) is 4.79 Å². The van der Waals surface area contributed by atoms with Gasteiger partial charge < -0.3 is 14.6 Å². The molecule has 1 N–H and O–H groups in total. The lowest BCUT2D eigenvalue weighted by molar-refractivity contribution is -0.222. The first-order chi connectivity index (χ1) is 15.1. The van der Waals surface area contributed by atoms with E-state index in [0.29, 0.717) is 12.8 Å². The first-order valence-corrected chi connectivity index (χ1v) is 12.6. The van der Waals surface area contributed by atoms with Gasteiger partial charge in [-0.05, 0) is 56.3 Å². The van der Waals surface area contributed by atoms with Crippen LogP contribution in [0.1, 0.15) is 52.9 Å². The molecule has 1 unspecified atom stereocenters. The Balaban J connectivity index is 1.59. The van der Waals surface area contributed by atoms with Gasteiger partial charge in [0.15, 0.2) is 22.7 Å². The average Bonchev–Trinajstić information content (AvgIpc) is 3.18. The average molecular weight is 473 g/mol. The van der Waals surface area contributed by atoms with E-state index in [-0.39, 0.29) is 30.1 Å². The molecule has 0 aromatic carbocycles. The molecule has 1 saturated heterocycles. The number of fused-ring (bicyclic) bond motifs is 7. The van der Waals surface area contributed by atoms with Crippen LogP contribution < -0.4 is 0 Å². The number of carbonyl (C=O) groups is 1. The Morgan fingerprint density at radius 1 is 1.28 bits per heavy atom. The third-order valence-corrected chi connectivity index (χ3v) is 10.5. The lowest BCUT2D eigenvalue weighted by atomic mass is 9.45. The number of ketones is 1. The summed E-state index contributed by atoms with van der Waals surface area (Å²) in [5, 5.41) is 11.4. The molecule has 178 valence electrons. The second-order valence-electron chi connectivity index (χ2n) is 10.5. The fourth-order valence-corrected chi connectivity index (χ4v) is 8.88. The zero-order valence-corrected chi connectivity index (χ0v) is 19.5. The number of allylic oxidation sites excluding steroid dienone is 4. The molecule has 8 heteroatoms. The van der Waals surface area contributed by atoms with E-state index >= 15 is 8.78 Å². The van der Waals surface area contributed by atoms with Gasteiger partial charge in [0.25, 0.3) is 0 Å². The second-order valence-corrected chi connectivity index (χ2v) is 11.6. The summed E-state index contributed by atoms with van der Waals surface area (Å²) in [7, 11) is 0. The van der Waals surface area contributed by atoms with Crippen LogP contribution in [0.2, 0.25) is 0 Å². The van der Waals surface area contributed by atoms with Gasteiger partial charge >= 0.3 is 0 Å². The first kappa shape index (κ1) is 22.9. The van der Waals surface area contributed by atoms with Crippen LogP contribution in [0.15, 0.2) is 23.8 Å². The van der Waals surface area contributed by atoms with E-state index in [0.717, 1.165) is 18.2 Å². The highest BCUT2D eigenvalue weighted by molar-refractivity contribution is 8.00. The minimum absolute atomic E-state index is 0.0536. The van der Waals surface area contributed by atoms with Crippen LogP contribution in [0.3, 0.4) is 0 Å². The van der Waals surface area contributed by atoms with Crippen molar-refractivity contribution in [3.63, 3.8) is 0 Å². The molecule has 1 heterocycles. The Morgan fingerprint density at radius 3 is 2.72 bits per heavy atom. The standard InChI is InChI=1S/C24H31F3O4S/c1-4-5-20-30-19-10-14-15-9-17(26)16-8-13(28)6-7-21(16,2)23(15,27)18(29)11-22(14,3)24(19,31-20)32-12-25/h6-8,14-15,17-20,29H,4-5,9-12H2,1-3H3/t14-,15-,17-,18-,19+,20?,21-,22-,23-,24-/m0/s1. The van der Waals surface area contributed by atoms with Crippen molar-refractivity contribution in [1.82, 2.24) is 0 Å². The third-order valence-electron chi connectivity index (χ3n) is 9.12. The van der Waals surface area contributed by atoms with Crippen LogP contribution in [-0.2, 0) is 14.3 Å². The fourth-order valence-electron chi connectivity index (χ4n) is 7.64. The van der Waals surface area contributed by atoms with Crippen molar-refractivity contribution >= 4 is 17.5 Å². The lowest BCUT2D eigenvalue weighted by Crippen LogP contribution is -2.69. The monoisotopic (exact) mass is 472 g/mol. The zero-order valence-electron chi connectivity index (χ0n) is 18.7. The number of halogens is 3. The maximum Gasteiger partial charge on any atom is 0.178 e. The quantitative estimate of drug-likeness (QED) is 0.636. The first-order valence-electron chi connectivity index (χ1n) is 11.6. The Morgan fingerprint density at radius 2 is 2.03 bits per heavy atom. The molecule has 32 heavy (non-hydrogen) atoms. The van der Waals surface area contributed by atoms with E-state index in [9.17, 15) is 14.3 Å². The number of hydrogen-bond acceptors (Lipinski definition) is 5. The van der Waals surface area contributed by atoms with Crippen LogP contribution in [0.5, 0.6) is 0 Å². The Kier molecular flexibility index (Phi) is 5.26. The normalized spacial score (nSPS) is 54.0. The van der Waals surface area contributed by atoms with E-state index in [2.05, 4.69) is 0 Å². The highest BCUT2D eigenvalue weighted by Gasteiger charge is 2.78. The van der Waals surface area contributed by atoms with Gasteiger partial charge in [0.2, 0.25) is 0 Å². The molecule has 0 radical (unpaired) electrons. The van der Waals surface area contributed by atoms with E-state index in [1.54, 1.807) is 6.92 Å². The minimum atomic E-state index is -2.15.